The summed E-state index contributed by atoms with van der Waals surface area (Å²) in [5, 5.41) is 18.9. The lowest BCUT2D eigenvalue weighted by atomic mass is 9.83. The first-order chi connectivity index (χ1) is 22.7. The predicted octanol–water partition coefficient (Wildman–Crippen LogP) is 2.30. The number of rotatable bonds is 21. The molecule has 3 rings (SSSR count). The molecule has 47 heavy (non-hydrogen) atoms. The van der Waals surface area contributed by atoms with Crippen molar-refractivity contribution in [2.24, 2.45) is 11.3 Å². The maximum Gasteiger partial charge on any atom is 0.223 e. The summed E-state index contributed by atoms with van der Waals surface area (Å²) in [5.74, 6) is 0.0289. The lowest BCUT2D eigenvalue weighted by Gasteiger charge is -2.34. The van der Waals surface area contributed by atoms with E-state index >= 15 is 0 Å². The summed E-state index contributed by atoms with van der Waals surface area (Å²) in [5.41, 5.74) is 0.307. The van der Waals surface area contributed by atoms with E-state index in [-0.39, 0.29) is 48.1 Å². The molecule has 1 heterocycles. The van der Waals surface area contributed by atoms with E-state index < -0.39 is 0 Å². The number of methoxy groups -OCH3 is 1. The Kier molecular flexibility index (Phi) is 18.0. The molecule has 0 aromatic heterocycles. The maximum atomic E-state index is 12.8. The van der Waals surface area contributed by atoms with Crippen molar-refractivity contribution in [2.75, 3.05) is 53.6 Å². The second-order valence-corrected chi connectivity index (χ2v) is 14.3. The van der Waals surface area contributed by atoms with Gasteiger partial charge in [0.2, 0.25) is 23.6 Å². The molecular weight excluding hydrogens is 600 g/mol. The molecule has 4 amide bonds. The van der Waals surface area contributed by atoms with E-state index in [2.05, 4.69) is 38.8 Å². The Bertz CT molecular complexity index is 961. The third-order valence-electron chi connectivity index (χ3n) is 10.2. The molecule has 2 aliphatic carbocycles. The summed E-state index contributed by atoms with van der Waals surface area (Å²) < 4.78 is 11.2. The van der Waals surface area contributed by atoms with Crippen LogP contribution in [0, 0.1) is 11.3 Å². The van der Waals surface area contributed by atoms with Crippen molar-refractivity contribution >= 4 is 23.6 Å². The van der Waals surface area contributed by atoms with Crippen LogP contribution < -0.4 is 31.9 Å². The van der Waals surface area contributed by atoms with Crippen LogP contribution in [0.25, 0.3) is 0 Å². The molecule has 270 valence electrons. The van der Waals surface area contributed by atoms with Gasteiger partial charge in [0.15, 0.2) is 0 Å². The second-order valence-electron chi connectivity index (χ2n) is 14.3. The molecule has 12 nitrogen and oxygen atoms in total. The molecule has 1 saturated heterocycles. The second kappa shape index (κ2) is 21.6. The number of carbonyl (C=O) groups excluding carboxylic acids is 4. The normalized spacial score (nSPS) is 27.6. The highest BCUT2D eigenvalue weighted by atomic mass is 16.5. The van der Waals surface area contributed by atoms with Crippen LogP contribution in [0.3, 0.4) is 0 Å². The van der Waals surface area contributed by atoms with Crippen LogP contribution in [0.4, 0.5) is 0 Å². The average Bonchev–Trinajstić information content (AvgIpc) is 3.44. The van der Waals surface area contributed by atoms with E-state index in [0.717, 1.165) is 77.5 Å². The highest BCUT2D eigenvalue weighted by Gasteiger charge is 2.37. The Morgan fingerprint density at radius 3 is 2.17 bits per heavy atom. The van der Waals surface area contributed by atoms with Crippen LogP contribution in [0.5, 0.6) is 0 Å². The zero-order valence-electron chi connectivity index (χ0n) is 29.4. The van der Waals surface area contributed by atoms with Crippen LogP contribution in [0.15, 0.2) is 0 Å². The minimum atomic E-state index is -0.0940. The maximum absolute atomic E-state index is 12.8. The summed E-state index contributed by atoms with van der Waals surface area (Å²) in [6, 6.07) is 0.976. The summed E-state index contributed by atoms with van der Waals surface area (Å²) in [7, 11) is 3.64. The highest BCUT2D eigenvalue weighted by molar-refractivity contribution is 5.80. The van der Waals surface area contributed by atoms with Crippen molar-refractivity contribution in [3.8, 4) is 0 Å². The Morgan fingerprint density at radius 2 is 1.45 bits per heavy atom. The van der Waals surface area contributed by atoms with Crippen molar-refractivity contribution in [2.45, 2.75) is 134 Å². The van der Waals surface area contributed by atoms with Crippen molar-refractivity contribution in [1.29, 1.82) is 0 Å². The highest BCUT2D eigenvalue weighted by Crippen LogP contribution is 2.42. The molecule has 1 aliphatic heterocycles. The first kappa shape index (κ1) is 39.2. The van der Waals surface area contributed by atoms with Gasteiger partial charge < -0.3 is 41.4 Å². The topological polar surface area (TPSA) is 159 Å². The van der Waals surface area contributed by atoms with Gasteiger partial charge in [0.25, 0.3) is 0 Å². The van der Waals surface area contributed by atoms with Crippen LogP contribution >= 0.6 is 0 Å². The van der Waals surface area contributed by atoms with Crippen LogP contribution in [-0.4, -0.2) is 101 Å². The lowest BCUT2D eigenvalue weighted by Crippen LogP contribution is -2.50. The zero-order valence-corrected chi connectivity index (χ0v) is 29.4. The van der Waals surface area contributed by atoms with Crippen LogP contribution in [-0.2, 0) is 28.7 Å². The third kappa shape index (κ3) is 15.2. The fraction of sp³-hybridized carbons (Fsp3) is 0.886. The molecule has 0 spiro atoms. The Balaban J connectivity index is 1.17. The summed E-state index contributed by atoms with van der Waals surface area (Å²) in [4.78, 5) is 49.1. The van der Waals surface area contributed by atoms with Crippen molar-refractivity contribution in [1.82, 2.24) is 31.9 Å². The molecule has 0 radical (unpaired) electrons. The smallest absolute Gasteiger partial charge is 0.223 e. The number of hydrogen-bond acceptors (Lipinski definition) is 8. The number of ether oxygens (including phenoxy) is 2. The molecule has 6 N–H and O–H groups in total. The number of amides is 4. The number of hydrogen-bond donors (Lipinski definition) is 6. The minimum Gasteiger partial charge on any atom is -0.379 e. The largest absolute Gasteiger partial charge is 0.379 e. The lowest BCUT2D eigenvalue weighted by molar-refractivity contribution is -0.126. The molecule has 0 bridgehead atoms. The molecule has 3 fully saturated rings. The molecular formula is C35H64N6O6. The monoisotopic (exact) mass is 664 g/mol. The molecule has 2 saturated carbocycles. The molecule has 4 unspecified atom stereocenters. The summed E-state index contributed by atoms with van der Waals surface area (Å²) in [6.07, 6.45) is 12.9. The van der Waals surface area contributed by atoms with Gasteiger partial charge in [0.05, 0.1) is 12.7 Å². The molecule has 3 aliphatic rings. The van der Waals surface area contributed by atoms with E-state index in [1.54, 1.807) is 7.11 Å². The first-order valence-corrected chi connectivity index (χ1v) is 18.3. The van der Waals surface area contributed by atoms with Crippen molar-refractivity contribution < 1.29 is 28.7 Å². The SMILES string of the molecule is CNCCCNC(=O)CCCNC(=O)CCCC(=O)NC1CCC(C(=O)NCCCC2(C)CCC(NC3CCOCC3OC)C2)CC1. The fourth-order valence-electron chi connectivity index (χ4n) is 7.36. The Morgan fingerprint density at radius 1 is 0.766 bits per heavy atom. The summed E-state index contributed by atoms with van der Waals surface area (Å²) >= 11 is 0. The van der Waals surface area contributed by atoms with Gasteiger partial charge in [-0.15, -0.1) is 0 Å². The van der Waals surface area contributed by atoms with Gasteiger partial charge in [-0.05, 0) is 102 Å². The quantitative estimate of drug-likeness (QED) is 0.102. The molecule has 0 aromatic carbocycles. The third-order valence-corrected chi connectivity index (χ3v) is 10.2. The van der Waals surface area contributed by atoms with Gasteiger partial charge in [-0.25, -0.2) is 0 Å². The van der Waals surface area contributed by atoms with Gasteiger partial charge in [-0.3, -0.25) is 19.2 Å². The van der Waals surface area contributed by atoms with Crippen molar-refractivity contribution in [3.63, 3.8) is 0 Å². The molecule has 0 aromatic rings. The average molecular weight is 665 g/mol. The number of nitrogens with one attached hydrogen (secondary N) is 6. The van der Waals surface area contributed by atoms with Gasteiger partial charge in [0, 0.05) is 76.7 Å². The van der Waals surface area contributed by atoms with E-state index in [9.17, 15) is 19.2 Å². The summed E-state index contributed by atoms with van der Waals surface area (Å²) in [6.45, 7) is 6.53. The van der Waals surface area contributed by atoms with Gasteiger partial charge >= 0.3 is 0 Å². The fourth-order valence-corrected chi connectivity index (χ4v) is 7.36. The zero-order chi connectivity index (χ0) is 33.9. The van der Waals surface area contributed by atoms with Gasteiger partial charge in [-0.2, -0.15) is 0 Å². The van der Waals surface area contributed by atoms with Gasteiger partial charge in [0.1, 0.15) is 0 Å². The standard InChI is InChI=1S/C35H64N6O6/c1-35(18-15-28(24-35)40-29-16-23-47-25-30(29)46-3)17-6-21-39-34(45)26-11-13-27(14-12-26)41-33(44)9-4-8-31(42)37-20-5-10-32(43)38-22-7-19-36-2/h26-30,36,40H,4-25H2,1-3H3,(H,37,42)(H,38,43)(H,39,45)(H,41,44). The van der Waals surface area contributed by atoms with E-state index in [0.29, 0.717) is 62.9 Å². The van der Waals surface area contributed by atoms with Crippen LogP contribution in [0.1, 0.15) is 110 Å². The minimum absolute atomic E-state index is 0.000594. The van der Waals surface area contributed by atoms with E-state index in [4.69, 9.17) is 9.47 Å². The van der Waals surface area contributed by atoms with Gasteiger partial charge in [-0.1, -0.05) is 6.92 Å². The number of carbonyl (C=O) groups is 4. The Hall–Kier alpha value is -2.28. The first-order valence-electron chi connectivity index (χ1n) is 18.3. The molecule has 12 heteroatoms. The van der Waals surface area contributed by atoms with Crippen LogP contribution in [0.2, 0.25) is 0 Å². The predicted molar refractivity (Wildman–Crippen MR) is 183 cm³/mol. The van der Waals surface area contributed by atoms with E-state index in [1.807, 2.05) is 7.05 Å². The van der Waals surface area contributed by atoms with Crippen molar-refractivity contribution in [3.05, 3.63) is 0 Å². The Labute approximate surface area is 282 Å². The molecule has 4 atom stereocenters. The van der Waals surface area contributed by atoms with E-state index in [1.165, 1.54) is 12.8 Å².